The zero-order chi connectivity index (χ0) is 13.3. The van der Waals surface area contributed by atoms with Crippen molar-refractivity contribution >= 4 is 21.7 Å². The van der Waals surface area contributed by atoms with Gasteiger partial charge in [0, 0.05) is 37.1 Å². The fraction of sp³-hybridized carbons (Fsp3) is 0.769. The van der Waals surface area contributed by atoms with Crippen LogP contribution < -0.4 is 4.90 Å². The van der Waals surface area contributed by atoms with E-state index in [2.05, 4.69) is 51.8 Å². The first kappa shape index (κ1) is 13.9. The molecule has 0 bridgehead atoms. The van der Waals surface area contributed by atoms with Gasteiger partial charge in [0.05, 0.1) is 5.69 Å². The second-order valence-electron chi connectivity index (χ2n) is 5.35. The van der Waals surface area contributed by atoms with Crippen molar-refractivity contribution in [1.29, 1.82) is 0 Å². The van der Waals surface area contributed by atoms with Crippen molar-refractivity contribution < 1.29 is 0 Å². The van der Waals surface area contributed by atoms with Gasteiger partial charge in [-0.05, 0) is 33.9 Å². The summed E-state index contributed by atoms with van der Waals surface area (Å²) >= 11 is 3.59. The van der Waals surface area contributed by atoms with Crippen LogP contribution >= 0.6 is 15.9 Å². The van der Waals surface area contributed by atoms with Crippen LogP contribution in [-0.2, 0) is 12.4 Å². The Balaban J connectivity index is 2.25. The highest BCUT2D eigenvalue weighted by atomic mass is 79.9. The monoisotopic (exact) mass is 314 g/mol. The lowest BCUT2D eigenvalue weighted by molar-refractivity contribution is 0.257. The summed E-state index contributed by atoms with van der Waals surface area (Å²) < 4.78 is 2.03. The van der Waals surface area contributed by atoms with Gasteiger partial charge < -0.3 is 9.80 Å². The molecule has 2 rings (SSSR count). The molecule has 0 radical (unpaired) electrons. The Hall–Kier alpha value is -0.550. The second-order valence-corrected chi connectivity index (χ2v) is 5.91. The predicted octanol–water partition coefficient (Wildman–Crippen LogP) is 2.15. The molecule has 5 heteroatoms. The first-order chi connectivity index (χ1) is 8.54. The molecule has 1 aromatic heterocycles. The SMILES string of the molecule is Cc1nn(C)c(N2CCCC(N(C)C)C2)c1CBr. The Morgan fingerprint density at radius 1 is 1.44 bits per heavy atom. The fourth-order valence-electron chi connectivity index (χ4n) is 2.81. The lowest BCUT2D eigenvalue weighted by Gasteiger charge is -2.37. The maximum atomic E-state index is 4.56. The molecule has 1 aliphatic heterocycles. The van der Waals surface area contributed by atoms with E-state index in [-0.39, 0.29) is 0 Å². The smallest absolute Gasteiger partial charge is 0.130 e. The van der Waals surface area contributed by atoms with Gasteiger partial charge in [-0.25, -0.2) is 0 Å². The van der Waals surface area contributed by atoms with Gasteiger partial charge in [0.15, 0.2) is 0 Å². The first-order valence-corrected chi connectivity index (χ1v) is 7.66. The molecule has 0 N–H and O–H groups in total. The van der Waals surface area contributed by atoms with E-state index in [4.69, 9.17) is 0 Å². The minimum absolute atomic E-state index is 0.650. The third-order valence-corrected chi connectivity index (χ3v) is 4.43. The predicted molar refractivity (Wildman–Crippen MR) is 79.5 cm³/mol. The van der Waals surface area contributed by atoms with Gasteiger partial charge in [-0.3, -0.25) is 4.68 Å². The average molecular weight is 315 g/mol. The number of hydrogen-bond acceptors (Lipinski definition) is 3. The van der Waals surface area contributed by atoms with Crippen LogP contribution in [-0.4, -0.2) is 47.9 Å². The van der Waals surface area contributed by atoms with Gasteiger partial charge in [0.25, 0.3) is 0 Å². The van der Waals surface area contributed by atoms with Crippen LogP contribution in [0, 0.1) is 6.92 Å². The zero-order valence-electron chi connectivity index (χ0n) is 11.8. The van der Waals surface area contributed by atoms with E-state index in [1.54, 1.807) is 0 Å². The highest BCUT2D eigenvalue weighted by Gasteiger charge is 2.25. The molecule has 0 amide bonds. The maximum Gasteiger partial charge on any atom is 0.130 e. The minimum atomic E-state index is 0.650. The molecule has 1 fully saturated rings. The lowest BCUT2D eigenvalue weighted by Crippen LogP contribution is -2.46. The highest BCUT2D eigenvalue weighted by Crippen LogP contribution is 2.28. The summed E-state index contributed by atoms with van der Waals surface area (Å²) in [6.07, 6.45) is 2.55. The third kappa shape index (κ3) is 2.57. The van der Waals surface area contributed by atoms with Crippen LogP contribution in [0.25, 0.3) is 0 Å². The van der Waals surface area contributed by atoms with E-state index in [1.165, 1.54) is 24.2 Å². The van der Waals surface area contributed by atoms with E-state index < -0.39 is 0 Å². The molecular formula is C13H23BrN4. The molecule has 4 nitrogen and oxygen atoms in total. The van der Waals surface area contributed by atoms with Crippen molar-refractivity contribution in [2.24, 2.45) is 7.05 Å². The minimum Gasteiger partial charge on any atom is -0.355 e. The highest BCUT2D eigenvalue weighted by molar-refractivity contribution is 9.08. The number of anilines is 1. The number of likely N-dealkylation sites (N-methyl/N-ethyl adjacent to an activating group) is 1. The number of alkyl halides is 1. The van der Waals surface area contributed by atoms with Gasteiger partial charge in [-0.2, -0.15) is 5.10 Å². The summed E-state index contributed by atoms with van der Waals surface area (Å²) in [6, 6.07) is 0.650. The first-order valence-electron chi connectivity index (χ1n) is 6.54. The van der Waals surface area contributed by atoms with E-state index in [0.717, 1.165) is 24.1 Å². The second kappa shape index (κ2) is 5.61. The molecule has 0 aromatic carbocycles. The van der Waals surface area contributed by atoms with Gasteiger partial charge in [-0.15, -0.1) is 0 Å². The Labute approximate surface area is 118 Å². The number of aryl methyl sites for hydroxylation is 2. The Morgan fingerprint density at radius 3 is 2.78 bits per heavy atom. The van der Waals surface area contributed by atoms with Crippen molar-refractivity contribution in [3.05, 3.63) is 11.3 Å². The molecule has 1 unspecified atom stereocenters. The van der Waals surface area contributed by atoms with Crippen LogP contribution in [0.1, 0.15) is 24.1 Å². The van der Waals surface area contributed by atoms with Crippen molar-refractivity contribution in [1.82, 2.24) is 14.7 Å². The molecule has 1 atom stereocenters. The van der Waals surface area contributed by atoms with E-state index in [0.29, 0.717) is 6.04 Å². The Bertz CT molecular complexity index is 413. The number of halogens is 1. The number of rotatable bonds is 3. The summed E-state index contributed by atoms with van der Waals surface area (Å²) in [4.78, 5) is 4.83. The van der Waals surface area contributed by atoms with Crippen LogP contribution in [0.2, 0.25) is 0 Å². The quantitative estimate of drug-likeness (QED) is 0.799. The Kier molecular flexibility index (Phi) is 4.33. The summed E-state index contributed by atoms with van der Waals surface area (Å²) in [7, 11) is 6.40. The molecule has 1 aromatic rings. The molecule has 18 heavy (non-hydrogen) atoms. The molecule has 0 saturated carbocycles. The molecule has 0 spiro atoms. The van der Waals surface area contributed by atoms with E-state index in [9.17, 15) is 0 Å². The van der Waals surface area contributed by atoms with Crippen molar-refractivity contribution in [3.8, 4) is 0 Å². The van der Waals surface area contributed by atoms with Gasteiger partial charge >= 0.3 is 0 Å². The summed E-state index contributed by atoms with van der Waals surface area (Å²) in [5.41, 5.74) is 2.47. The van der Waals surface area contributed by atoms with E-state index >= 15 is 0 Å². The van der Waals surface area contributed by atoms with Gasteiger partial charge in [-0.1, -0.05) is 15.9 Å². The third-order valence-electron chi connectivity index (χ3n) is 3.87. The van der Waals surface area contributed by atoms with Crippen molar-refractivity contribution in [2.45, 2.75) is 31.1 Å². The van der Waals surface area contributed by atoms with Crippen LogP contribution in [0.5, 0.6) is 0 Å². The molecule has 1 saturated heterocycles. The average Bonchev–Trinajstić information content (AvgIpc) is 2.63. The largest absolute Gasteiger partial charge is 0.355 e. The van der Waals surface area contributed by atoms with Gasteiger partial charge in [0.2, 0.25) is 0 Å². The normalized spacial score (nSPS) is 20.8. The summed E-state index contributed by atoms with van der Waals surface area (Å²) in [6.45, 7) is 4.34. The standard InChI is InChI=1S/C13H23BrN4/c1-10-12(8-14)13(17(4)15-10)18-7-5-6-11(9-18)16(2)3/h11H,5-9H2,1-4H3. The lowest BCUT2D eigenvalue weighted by atomic mass is 10.0. The molecule has 0 aliphatic carbocycles. The van der Waals surface area contributed by atoms with Crippen LogP contribution in [0.4, 0.5) is 5.82 Å². The van der Waals surface area contributed by atoms with Crippen LogP contribution in [0.3, 0.4) is 0 Å². The molecular weight excluding hydrogens is 292 g/mol. The zero-order valence-corrected chi connectivity index (χ0v) is 13.4. The van der Waals surface area contributed by atoms with Crippen molar-refractivity contribution in [2.75, 3.05) is 32.1 Å². The maximum absolute atomic E-state index is 4.56. The van der Waals surface area contributed by atoms with Crippen molar-refractivity contribution in [3.63, 3.8) is 0 Å². The van der Waals surface area contributed by atoms with Gasteiger partial charge in [0.1, 0.15) is 5.82 Å². The topological polar surface area (TPSA) is 24.3 Å². The van der Waals surface area contributed by atoms with Crippen LogP contribution in [0.15, 0.2) is 0 Å². The van der Waals surface area contributed by atoms with E-state index in [1.807, 2.05) is 11.7 Å². The molecule has 102 valence electrons. The number of nitrogens with zero attached hydrogens (tertiary/aromatic N) is 4. The summed E-state index contributed by atoms with van der Waals surface area (Å²) in [5, 5.41) is 5.44. The number of aromatic nitrogens is 2. The molecule has 1 aliphatic rings. The fourth-order valence-corrected chi connectivity index (χ4v) is 3.47. The number of piperidine rings is 1. The Morgan fingerprint density at radius 2 is 2.17 bits per heavy atom. The molecule has 2 heterocycles. The summed E-state index contributed by atoms with van der Waals surface area (Å²) in [5.74, 6) is 1.29. The number of hydrogen-bond donors (Lipinski definition) is 0.